The van der Waals surface area contributed by atoms with Gasteiger partial charge in [0.05, 0.1) is 5.56 Å². The van der Waals surface area contributed by atoms with Crippen molar-refractivity contribution in [1.29, 1.82) is 0 Å². The summed E-state index contributed by atoms with van der Waals surface area (Å²) in [5.74, 6) is -0.968. The van der Waals surface area contributed by atoms with Crippen LogP contribution in [0.4, 0.5) is 0 Å². The summed E-state index contributed by atoms with van der Waals surface area (Å²) in [5.41, 5.74) is 10.7. The van der Waals surface area contributed by atoms with Gasteiger partial charge in [-0.25, -0.2) is 4.79 Å². The molecule has 0 aliphatic heterocycles. The minimum atomic E-state index is -0.968. The second-order valence-electron chi connectivity index (χ2n) is 5.48. The monoisotopic (exact) mass is 337 g/mol. The zero-order valence-corrected chi connectivity index (χ0v) is 13.6. The quantitative estimate of drug-likeness (QED) is 0.716. The van der Waals surface area contributed by atoms with Crippen LogP contribution in [0, 0.1) is 0 Å². The van der Waals surface area contributed by atoms with E-state index in [1.165, 1.54) is 6.07 Å². The number of hydrogen-bond acceptors (Lipinski definition) is 2. The summed E-state index contributed by atoms with van der Waals surface area (Å²) in [5, 5.41) is 9.66. The summed E-state index contributed by atoms with van der Waals surface area (Å²) in [7, 11) is 0. The van der Waals surface area contributed by atoms with Crippen molar-refractivity contribution >= 4 is 17.6 Å². The van der Waals surface area contributed by atoms with Crippen molar-refractivity contribution in [3.05, 3.63) is 82.9 Å². The van der Waals surface area contributed by atoms with E-state index in [9.17, 15) is 4.79 Å². The molecule has 120 valence electrons. The van der Waals surface area contributed by atoms with Gasteiger partial charge in [0.1, 0.15) is 0 Å². The second kappa shape index (κ2) is 6.87. The normalized spacial score (nSPS) is 10.6. The molecule has 0 heterocycles. The maximum Gasteiger partial charge on any atom is 0.335 e. The van der Waals surface area contributed by atoms with E-state index < -0.39 is 5.97 Å². The van der Waals surface area contributed by atoms with Crippen LogP contribution in [0.1, 0.15) is 15.9 Å². The van der Waals surface area contributed by atoms with Gasteiger partial charge in [0, 0.05) is 17.1 Å². The first-order chi connectivity index (χ1) is 11.6. The van der Waals surface area contributed by atoms with Gasteiger partial charge in [0.25, 0.3) is 0 Å². The molecule has 0 saturated heterocycles. The van der Waals surface area contributed by atoms with Gasteiger partial charge in [-0.1, -0.05) is 60.1 Å². The number of nitrogens with two attached hydrogens (primary N) is 1. The molecule has 0 aliphatic carbocycles. The molecule has 0 fully saturated rings. The van der Waals surface area contributed by atoms with Crippen LogP contribution in [0.3, 0.4) is 0 Å². The average molecular weight is 338 g/mol. The number of carboxylic acids is 1. The van der Waals surface area contributed by atoms with Crippen molar-refractivity contribution in [2.24, 2.45) is 5.73 Å². The van der Waals surface area contributed by atoms with Gasteiger partial charge in [-0.05, 0) is 40.5 Å². The Morgan fingerprint density at radius 1 is 0.875 bits per heavy atom. The van der Waals surface area contributed by atoms with E-state index in [-0.39, 0.29) is 5.56 Å². The van der Waals surface area contributed by atoms with E-state index in [0.29, 0.717) is 17.1 Å². The molecule has 0 atom stereocenters. The Labute approximate surface area is 145 Å². The van der Waals surface area contributed by atoms with E-state index >= 15 is 0 Å². The maximum absolute atomic E-state index is 11.1. The Kier molecular flexibility index (Phi) is 4.65. The van der Waals surface area contributed by atoms with E-state index in [2.05, 4.69) is 0 Å². The van der Waals surface area contributed by atoms with Crippen molar-refractivity contribution in [2.45, 2.75) is 6.54 Å². The summed E-state index contributed by atoms with van der Waals surface area (Å²) in [6.07, 6.45) is 0. The van der Waals surface area contributed by atoms with Crippen molar-refractivity contribution in [3.8, 4) is 22.3 Å². The van der Waals surface area contributed by atoms with Gasteiger partial charge in [-0.3, -0.25) is 0 Å². The molecule has 3 rings (SSSR count). The average Bonchev–Trinajstić information content (AvgIpc) is 2.62. The van der Waals surface area contributed by atoms with Crippen LogP contribution in [-0.2, 0) is 6.54 Å². The van der Waals surface area contributed by atoms with Crippen LogP contribution in [-0.4, -0.2) is 11.1 Å². The highest BCUT2D eigenvalue weighted by atomic mass is 35.5. The van der Waals surface area contributed by atoms with Crippen molar-refractivity contribution in [2.75, 3.05) is 0 Å². The number of aromatic carboxylic acids is 1. The molecule has 0 unspecified atom stereocenters. The highest BCUT2D eigenvalue weighted by Gasteiger charge is 2.09. The first kappa shape index (κ1) is 16.2. The summed E-state index contributed by atoms with van der Waals surface area (Å²) in [6.45, 7) is 0.525. The van der Waals surface area contributed by atoms with Crippen LogP contribution in [0.2, 0.25) is 5.02 Å². The van der Waals surface area contributed by atoms with E-state index in [0.717, 1.165) is 22.3 Å². The van der Waals surface area contributed by atoms with E-state index in [1.807, 2.05) is 48.5 Å². The Bertz CT molecular complexity index is 871. The summed E-state index contributed by atoms with van der Waals surface area (Å²) >= 11 is 6.22. The number of rotatable bonds is 4. The molecule has 0 saturated carbocycles. The second-order valence-corrected chi connectivity index (χ2v) is 5.89. The SMILES string of the molecule is NCc1ccc(-c2ccc(-c3cc(C(=O)O)ccc3Cl)cc2)cc1. The molecular formula is C20H16ClNO2. The van der Waals surface area contributed by atoms with Gasteiger partial charge in [-0.2, -0.15) is 0 Å². The molecular weight excluding hydrogens is 322 g/mol. The van der Waals surface area contributed by atoms with Crippen molar-refractivity contribution in [3.63, 3.8) is 0 Å². The van der Waals surface area contributed by atoms with Gasteiger partial charge >= 0.3 is 5.97 Å². The number of hydrogen-bond donors (Lipinski definition) is 2. The highest BCUT2D eigenvalue weighted by molar-refractivity contribution is 6.33. The molecule has 3 nitrogen and oxygen atoms in total. The van der Waals surface area contributed by atoms with Gasteiger partial charge < -0.3 is 10.8 Å². The Hall–Kier alpha value is -2.62. The summed E-state index contributed by atoms with van der Waals surface area (Å²) < 4.78 is 0. The van der Waals surface area contributed by atoms with Gasteiger partial charge in [0.15, 0.2) is 0 Å². The lowest BCUT2D eigenvalue weighted by atomic mass is 9.98. The fourth-order valence-corrected chi connectivity index (χ4v) is 2.78. The minimum Gasteiger partial charge on any atom is -0.478 e. The molecule has 0 radical (unpaired) electrons. The van der Waals surface area contributed by atoms with Crippen LogP contribution in [0.25, 0.3) is 22.3 Å². The van der Waals surface area contributed by atoms with Gasteiger partial charge in [-0.15, -0.1) is 0 Å². The highest BCUT2D eigenvalue weighted by Crippen LogP contribution is 2.31. The molecule has 0 amide bonds. The molecule has 3 N–H and O–H groups in total. The largest absolute Gasteiger partial charge is 0.478 e. The molecule has 24 heavy (non-hydrogen) atoms. The maximum atomic E-state index is 11.1. The predicted molar refractivity (Wildman–Crippen MR) is 97.2 cm³/mol. The van der Waals surface area contributed by atoms with Crippen molar-refractivity contribution in [1.82, 2.24) is 0 Å². The fraction of sp³-hybridized carbons (Fsp3) is 0.0500. The number of carboxylic acid groups (broad SMARTS) is 1. The number of halogens is 1. The first-order valence-corrected chi connectivity index (χ1v) is 7.89. The number of carbonyl (C=O) groups is 1. The fourth-order valence-electron chi connectivity index (χ4n) is 2.56. The van der Waals surface area contributed by atoms with Crippen LogP contribution >= 0.6 is 11.6 Å². The molecule has 4 heteroatoms. The Morgan fingerprint density at radius 2 is 1.42 bits per heavy atom. The Morgan fingerprint density at radius 3 is 1.96 bits per heavy atom. The van der Waals surface area contributed by atoms with E-state index in [1.54, 1.807) is 12.1 Å². The first-order valence-electron chi connectivity index (χ1n) is 7.51. The van der Waals surface area contributed by atoms with Crippen LogP contribution in [0.5, 0.6) is 0 Å². The molecule has 3 aromatic carbocycles. The van der Waals surface area contributed by atoms with Crippen molar-refractivity contribution < 1.29 is 9.90 Å². The predicted octanol–water partition coefficient (Wildman–Crippen LogP) is 4.83. The molecule has 3 aromatic rings. The lowest BCUT2D eigenvalue weighted by molar-refractivity contribution is 0.0697. The molecule has 0 aromatic heterocycles. The minimum absolute atomic E-state index is 0.218. The summed E-state index contributed by atoms with van der Waals surface area (Å²) in [4.78, 5) is 11.1. The lowest BCUT2D eigenvalue weighted by Gasteiger charge is -2.08. The van der Waals surface area contributed by atoms with Crippen LogP contribution in [0.15, 0.2) is 66.7 Å². The zero-order chi connectivity index (χ0) is 17.1. The zero-order valence-electron chi connectivity index (χ0n) is 12.9. The topological polar surface area (TPSA) is 63.3 Å². The summed E-state index contributed by atoms with van der Waals surface area (Å²) in [6, 6.07) is 20.7. The molecule has 0 spiro atoms. The van der Waals surface area contributed by atoms with E-state index in [4.69, 9.17) is 22.4 Å². The van der Waals surface area contributed by atoms with Gasteiger partial charge in [0.2, 0.25) is 0 Å². The van der Waals surface area contributed by atoms with Crippen LogP contribution < -0.4 is 5.73 Å². The lowest BCUT2D eigenvalue weighted by Crippen LogP contribution is -1.96. The molecule has 0 aliphatic rings. The third-order valence-electron chi connectivity index (χ3n) is 3.93. The third-order valence-corrected chi connectivity index (χ3v) is 4.26. The Balaban J connectivity index is 1.94. The standard InChI is InChI=1S/C20H16ClNO2/c21-19-10-9-17(20(23)24)11-18(19)16-7-5-15(6-8-16)14-3-1-13(12-22)2-4-14/h1-11H,12,22H2,(H,23,24). The third kappa shape index (κ3) is 3.32. The number of benzene rings is 3. The smallest absolute Gasteiger partial charge is 0.335 e. The molecule has 0 bridgehead atoms.